The summed E-state index contributed by atoms with van der Waals surface area (Å²) in [5.74, 6) is -0.00178. The number of amides is 3. The van der Waals surface area contributed by atoms with E-state index in [-0.39, 0.29) is 23.0 Å². The van der Waals surface area contributed by atoms with Gasteiger partial charge in [-0.15, -0.1) is 11.3 Å². The molecule has 232 valence electrons. The maximum Gasteiger partial charge on any atom is 0.407 e. The van der Waals surface area contributed by atoms with Crippen molar-refractivity contribution in [2.45, 2.75) is 69.7 Å². The Balaban J connectivity index is 1.47. The zero-order valence-corrected chi connectivity index (χ0v) is 26.4. The lowest BCUT2D eigenvalue weighted by Gasteiger charge is -2.35. The topological polar surface area (TPSA) is 148 Å². The van der Waals surface area contributed by atoms with Gasteiger partial charge in [0.15, 0.2) is 0 Å². The molecule has 0 bridgehead atoms. The van der Waals surface area contributed by atoms with E-state index in [2.05, 4.69) is 25.7 Å². The predicted octanol–water partition coefficient (Wildman–Crippen LogP) is 5.12. The molecule has 13 heteroatoms. The molecule has 1 fully saturated rings. The van der Waals surface area contributed by atoms with Gasteiger partial charge in [0.25, 0.3) is 0 Å². The van der Waals surface area contributed by atoms with Gasteiger partial charge in [0, 0.05) is 36.1 Å². The number of nitrogens with zero attached hydrogens (tertiary/aromatic N) is 1. The number of benzene rings is 2. The number of hydrogen-bond donors (Lipinski definition) is 4. The third-order valence-corrected chi connectivity index (χ3v) is 9.23. The number of carbonyl (C=O) groups is 2. The monoisotopic (exact) mass is 629 g/mol. The third-order valence-electron chi connectivity index (χ3n) is 6.69. The summed E-state index contributed by atoms with van der Waals surface area (Å²) in [5, 5.41) is 8.36. The summed E-state index contributed by atoms with van der Waals surface area (Å²) in [6.07, 6.45) is 1.98. The van der Waals surface area contributed by atoms with E-state index in [1.165, 1.54) is 17.4 Å². The van der Waals surface area contributed by atoms with Gasteiger partial charge in [-0.1, -0.05) is 36.4 Å². The van der Waals surface area contributed by atoms with Gasteiger partial charge >= 0.3 is 12.1 Å². The quantitative estimate of drug-likeness (QED) is 0.230. The molecule has 2 heterocycles. The van der Waals surface area contributed by atoms with Crippen LogP contribution >= 0.6 is 11.3 Å². The number of hydrogen-bond acceptors (Lipinski definition) is 8. The highest BCUT2D eigenvalue weighted by Crippen LogP contribution is 2.34. The van der Waals surface area contributed by atoms with Crippen LogP contribution in [0, 0.1) is 5.92 Å². The maximum absolute atomic E-state index is 13.9. The molecule has 0 aliphatic carbocycles. The van der Waals surface area contributed by atoms with Crippen LogP contribution in [0.15, 0.2) is 65.1 Å². The van der Waals surface area contributed by atoms with E-state index in [0.29, 0.717) is 48.7 Å². The predicted molar refractivity (Wildman–Crippen MR) is 166 cm³/mol. The molecule has 3 aromatic rings. The van der Waals surface area contributed by atoms with Crippen molar-refractivity contribution in [1.82, 2.24) is 20.3 Å². The molecule has 1 saturated heterocycles. The Morgan fingerprint density at radius 3 is 2.60 bits per heavy atom. The Kier molecular flexibility index (Phi) is 10.8. The van der Waals surface area contributed by atoms with Crippen molar-refractivity contribution >= 4 is 39.2 Å². The lowest BCUT2D eigenvalue weighted by molar-refractivity contribution is 0.0179. The summed E-state index contributed by atoms with van der Waals surface area (Å²) in [4.78, 5) is 29.5. The molecule has 4 rings (SSSR count). The summed E-state index contributed by atoms with van der Waals surface area (Å²) >= 11 is 1.32. The second-order valence-electron chi connectivity index (χ2n) is 11.5. The van der Waals surface area contributed by atoms with Gasteiger partial charge in [0.1, 0.15) is 0 Å². The maximum atomic E-state index is 13.9. The third kappa shape index (κ3) is 9.75. The standard InChI is InChI=1S/C30H39N5O6S2/c1-20(2)41-29(37)34-24-12-22(17-40-18-24)14-30(3,4)35-43(38,39)27-13-23(10-11-25(27)26-16-31-19-42-26)33-28(36)32-15-21-8-6-5-7-9-21/h5-11,13,16,19-20,22,24,35H,12,14-15,17-18H2,1-4H3,(H,34,37)(H2,32,33,36)/t22?,24-/m0/s1. The molecule has 43 heavy (non-hydrogen) atoms. The number of rotatable bonds is 11. The zero-order valence-electron chi connectivity index (χ0n) is 24.8. The van der Waals surface area contributed by atoms with Crippen LogP contribution in [0.1, 0.15) is 46.1 Å². The van der Waals surface area contributed by atoms with Crippen molar-refractivity contribution < 1.29 is 27.5 Å². The number of ether oxygens (including phenoxy) is 2. The fraction of sp³-hybridized carbons (Fsp3) is 0.433. The average molecular weight is 630 g/mol. The van der Waals surface area contributed by atoms with Crippen LogP contribution in [0.25, 0.3) is 10.4 Å². The normalized spacial score (nSPS) is 17.3. The van der Waals surface area contributed by atoms with Crippen LogP contribution in [0.4, 0.5) is 15.3 Å². The zero-order chi connectivity index (χ0) is 31.0. The fourth-order valence-electron chi connectivity index (χ4n) is 5.08. The van der Waals surface area contributed by atoms with E-state index in [1.54, 1.807) is 37.7 Å². The minimum atomic E-state index is -4.06. The number of alkyl carbamates (subject to hydrolysis) is 1. The van der Waals surface area contributed by atoms with E-state index in [0.717, 1.165) is 5.56 Å². The first-order valence-corrected chi connectivity index (χ1v) is 16.5. The number of aromatic nitrogens is 1. The molecule has 2 atom stereocenters. The van der Waals surface area contributed by atoms with Crippen LogP contribution in [0.5, 0.6) is 0 Å². The lowest BCUT2D eigenvalue weighted by atomic mass is 9.86. The molecule has 4 N–H and O–H groups in total. The van der Waals surface area contributed by atoms with Gasteiger partial charge in [0.2, 0.25) is 10.0 Å². The molecule has 3 amide bonds. The average Bonchev–Trinajstić information content (AvgIpc) is 3.46. The van der Waals surface area contributed by atoms with Crippen LogP contribution in [0.2, 0.25) is 0 Å². The van der Waals surface area contributed by atoms with E-state index >= 15 is 0 Å². The molecule has 11 nitrogen and oxygen atoms in total. The molecule has 0 saturated carbocycles. The highest BCUT2D eigenvalue weighted by molar-refractivity contribution is 7.89. The minimum Gasteiger partial charge on any atom is -0.447 e. The van der Waals surface area contributed by atoms with Gasteiger partial charge in [-0.3, -0.25) is 4.98 Å². The molecule has 1 aliphatic heterocycles. The summed E-state index contributed by atoms with van der Waals surface area (Å²) in [7, 11) is -4.06. The number of anilines is 1. The number of nitrogens with one attached hydrogen (secondary N) is 4. The lowest BCUT2D eigenvalue weighted by Crippen LogP contribution is -2.49. The van der Waals surface area contributed by atoms with Crippen molar-refractivity contribution in [2.75, 3.05) is 18.5 Å². The molecule has 1 aromatic heterocycles. The van der Waals surface area contributed by atoms with Crippen molar-refractivity contribution in [2.24, 2.45) is 5.92 Å². The van der Waals surface area contributed by atoms with Crippen LogP contribution in [-0.2, 0) is 26.0 Å². The molecule has 1 aliphatic rings. The Labute approximate surface area is 256 Å². The Morgan fingerprint density at radius 1 is 1.14 bits per heavy atom. The number of carbonyl (C=O) groups excluding carboxylic acids is 2. The number of thiazole rings is 1. The minimum absolute atomic E-state index is 0.00178. The molecule has 0 radical (unpaired) electrons. The summed E-state index contributed by atoms with van der Waals surface area (Å²) in [6, 6.07) is 13.6. The largest absolute Gasteiger partial charge is 0.447 e. The Bertz CT molecular complexity index is 1480. The van der Waals surface area contributed by atoms with E-state index in [1.807, 2.05) is 44.2 Å². The Morgan fingerprint density at radius 2 is 1.91 bits per heavy atom. The van der Waals surface area contributed by atoms with Crippen molar-refractivity contribution in [3.05, 3.63) is 65.8 Å². The fourth-order valence-corrected chi connectivity index (χ4v) is 7.48. The van der Waals surface area contributed by atoms with Gasteiger partial charge < -0.3 is 25.4 Å². The van der Waals surface area contributed by atoms with E-state index in [9.17, 15) is 18.0 Å². The highest BCUT2D eigenvalue weighted by atomic mass is 32.2. The van der Waals surface area contributed by atoms with Crippen LogP contribution in [0.3, 0.4) is 0 Å². The van der Waals surface area contributed by atoms with Crippen molar-refractivity contribution in [3.8, 4) is 10.4 Å². The van der Waals surface area contributed by atoms with Gasteiger partial charge in [0.05, 0.1) is 34.0 Å². The van der Waals surface area contributed by atoms with Gasteiger partial charge in [-0.2, -0.15) is 0 Å². The van der Waals surface area contributed by atoms with Gasteiger partial charge in [-0.25, -0.2) is 22.7 Å². The smallest absolute Gasteiger partial charge is 0.407 e. The molecular formula is C30H39N5O6S2. The van der Waals surface area contributed by atoms with E-state index < -0.39 is 27.7 Å². The van der Waals surface area contributed by atoms with Crippen LogP contribution in [-0.4, -0.2) is 56.4 Å². The van der Waals surface area contributed by atoms with Crippen molar-refractivity contribution in [3.63, 3.8) is 0 Å². The number of urea groups is 1. The first-order valence-electron chi connectivity index (χ1n) is 14.1. The summed E-state index contributed by atoms with van der Waals surface area (Å²) in [5.41, 5.74) is 2.54. The second-order valence-corrected chi connectivity index (χ2v) is 14.0. The Hall–Kier alpha value is -3.52. The second kappa shape index (κ2) is 14.3. The molecule has 0 spiro atoms. The van der Waals surface area contributed by atoms with Crippen LogP contribution < -0.4 is 20.7 Å². The SMILES string of the molecule is CC(C)OC(=O)N[C@@H]1COCC(CC(C)(C)NS(=O)(=O)c2cc(NC(=O)NCc3ccccc3)ccc2-c2cncs2)C1. The van der Waals surface area contributed by atoms with Gasteiger partial charge in [-0.05, 0) is 64.2 Å². The van der Waals surface area contributed by atoms with E-state index in [4.69, 9.17) is 9.47 Å². The number of sulfonamides is 1. The first-order chi connectivity index (χ1) is 20.4. The summed E-state index contributed by atoms with van der Waals surface area (Å²) < 4.78 is 41.6. The summed E-state index contributed by atoms with van der Waals surface area (Å²) in [6.45, 7) is 8.34. The van der Waals surface area contributed by atoms with Crippen molar-refractivity contribution in [1.29, 1.82) is 0 Å². The first kappa shape index (κ1) is 32.4. The molecule has 2 aromatic carbocycles. The highest BCUT2D eigenvalue weighted by Gasteiger charge is 2.34. The molecular weight excluding hydrogens is 590 g/mol. The molecule has 1 unspecified atom stereocenters.